The van der Waals surface area contributed by atoms with E-state index in [2.05, 4.69) is 18.8 Å². The van der Waals surface area contributed by atoms with Crippen LogP contribution in [0.3, 0.4) is 0 Å². The van der Waals surface area contributed by atoms with Crippen molar-refractivity contribution in [1.29, 1.82) is 0 Å². The molecule has 0 bridgehead atoms. The number of carbonyl (C=O) groups is 1. The van der Waals surface area contributed by atoms with Gasteiger partial charge in [0.25, 0.3) is 5.91 Å². The zero-order valence-electron chi connectivity index (χ0n) is 11.6. The van der Waals surface area contributed by atoms with Crippen LogP contribution in [-0.2, 0) is 0 Å². The summed E-state index contributed by atoms with van der Waals surface area (Å²) in [7, 11) is 0. The van der Waals surface area contributed by atoms with Crippen molar-refractivity contribution in [3.63, 3.8) is 0 Å². The van der Waals surface area contributed by atoms with E-state index in [4.69, 9.17) is 5.11 Å². The quantitative estimate of drug-likeness (QED) is 0.824. The molecule has 1 N–H and O–H groups in total. The van der Waals surface area contributed by atoms with Gasteiger partial charge < -0.3 is 10.0 Å². The van der Waals surface area contributed by atoms with Gasteiger partial charge in [0.05, 0.1) is 5.56 Å². The fourth-order valence-corrected chi connectivity index (χ4v) is 1.84. The molecule has 0 heterocycles. The Bertz CT molecular complexity index is 471. The van der Waals surface area contributed by atoms with E-state index in [0.717, 1.165) is 19.4 Å². The highest BCUT2D eigenvalue weighted by atomic mass is 16.2. The Hall–Kier alpha value is -1.79. The molecule has 1 amide bonds. The second-order valence-electron chi connectivity index (χ2n) is 4.24. The van der Waals surface area contributed by atoms with Crippen LogP contribution in [0.4, 0.5) is 0 Å². The van der Waals surface area contributed by atoms with E-state index in [0.29, 0.717) is 17.7 Å². The molecule has 3 nitrogen and oxygen atoms in total. The third-order valence-electron chi connectivity index (χ3n) is 2.91. The molecule has 0 saturated carbocycles. The van der Waals surface area contributed by atoms with Crippen LogP contribution in [0.25, 0.3) is 0 Å². The molecule has 3 heteroatoms. The normalized spacial score (nSPS) is 9.63. The van der Waals surface area contributed by atoms with Gasteiger partial charge in [-0.2, -0.15) is 0 Å². The maximum Gasteiger partial charge on any atom is 0.255 e. The average molecular weight is 259 g/mol. The number of rotatable bonds is 5. The molecule has 0 atom stereocenters. The standard InChI is InChI=1S/C16H21NO2/c1-3-5-12-17(4-2)16(19)15-11-7-6-9-14(15)10-8-13-18/h6-7,9,11,18H,3-5,12-13H2,1-2H3. The summed E-state index contributed by atoms with van der Waals surface area (Å²) >= 11 is 0. The first-order valence-corrected chi connectivity index (χ1v) is 6.72. The zero-order valence-corrected chi connectivity index (χ0v) is 11.6. The smallest absolute Gasteiger partial charge is 0.255 e. The number of aliphatic hydroxyl groups is 1. The van der Waals surface area contributed by atoms with Crippen molar-refractivity contribution in [3.05, 3.63) is 35.4 Å². The molecule has 0 fully saturated rings. The second kappa shape index (κ2) is 8.34. The Morgan fingerprint density at radius 3 is 2.68 bits per heavy atom. The van der Waals surface area contributed by atoms with Gasteiger partial charge in [0.1, 0.15) is 6.61 Å². The van der Waals surface area contributed by atoms with Crippen LogP contribution in [-0.4, -0.2) is 35.6 Å². The first kappa shape index (κ1) is 15.3. The van der Waals surface area contributed by atoms with Crippen molar-refractivity contribution >= 4 is 5.91 Å². The van der Waals surface area contributed by atoms with Gasteiger partial charge in [0.15, 0.2) is 0 Å². The Kier molecular flexibility index (Phi) is 6.70. The number of unbranched alkanes of at least 4 members (excludes halogenated alkanes) is 1. The Labute approximate surface area is 115 Å². The summed E-state index contributed by atoms with van der Waals surface area (Å²) in [5.74, 6) is 5.44. The highest BCUT2D eigenvalue weighted by molar-refractivity contribution is 5.96. The van der Waals surface area contributed by atoms with Crippen LogP contribution >= 0.6 is 0 Å². The van der Waals surface area contributed by atoms with Crippen molar-refractivity contribution in [2.75, 3.05) is 19.7 Å². The topological polar surface area (TPSA) is 40.5 Å². The van der Waals surface area contributed by atoms with Crippen molar-refractivity contribution in [1.82, 2.24) is 4.90 Å². The number of benzene rings is 1. The molecule has 0 unspecified atom stereocenters. The second-order valence-corrected chi connectivity index (χ2v) is 4.24. The molecule has 1 rings (SSSR count). The van der Waals surface area contributed by atoms with Crippen molar-refractivity contribution in [2.45, 2.75) is 26.7 Å². The lowest BCUT2D eigenvalue weighted by atomic mass is 10.1. The summed E-state index contributed by atoms with van der Waals surface area (Å²) in [6, 6.07) is 7.29. The molecule has 102 valence electrons. The summed E-state index contributed by atoms with van der Waals surface area (Å²) < 4.78 is 0. The maximum atomic E-state index is 12.5. The van der Waals surface area contributed by atoms with Gasteiger partial charge in [-0.15, -0.1) is 0 Å². The van der Waals surface area contributed by atoms with E-state index in [1.807, 2.05) is 30.0 Å². The highest BCUT2D eigenvalue weighted by Gasteiger charge is 2.15. The molecular formula is C16H21NO2. The third-order valence-corrected chi connectivity index (χ3v) is 2.91. The predicted octanol–water partition coefficient (Wildman–Crippen LogP) is 2.29. The van der Waals surface area contributed by atoms with Crippen LogP contribution in [0, 0.1) is 11.8 Å². The van der Waals surface area contributed by atoms with E-state index in [-0.39, 0.29) is 12.5 Å². The third kappa shape index (κ3) is 4.42. The van der Waals surface area contributed by atoms with Gasteiger partial charge in [-0.05, 0) is 25.5 Å². The Morgan fingerprint density at radius 1 is 1.32 bits per heavy atom. The van der Waals surface area contributed by atoms with E-state index in [9.17, 15) is 4.79 Å². The molecule has 0 radical (unpaired) electrons. The predicted molar refractivity (Wildman–Crippen MR) is 76.9 cm³/mol. The van der Waals surface area contributed by atoms with Crippen molar-refractivity contribution < 1.29 is 9.90 Å². The summed E-state index contributed by atoms with van der Waals surface area (Å²) in [6.45, 7) is 5.36. The van der Waals surface area contributed by atoms with Gasteiger partial charge in [0.2, 0.25) is 0 Å². The lowest BCUT2D eigenvalue weighted by Crippen LogP contribution is -2.32. The lowest BCUT2D eigenvalue weighted by molar-refractivity contribution is 0.0762. The largest absolute Gasteiger partial charge is 0.384 e. The minimum atomic E-state index is -0.199. The van der Waals surface area contributed by atoms with E-state index >= 15 is 0 Å². The van der Waals surface area contributed by atoms with Gasteiger partial charge in [0, 0.05) is 18.7 Å². The minimum Gasteiger partial charge on any atom is -0.384 e. The van der Waals surface area contributed by atoms with Crippen molar-refractivity contribution in [3.8, 4) is 11.8 Å². The zero-order chi connectivity index (χ0) is 14.1. The summed E-state index contributed by atoms with van der Waals surface area (Å²) in [5, 5.41) is 8.76. The minimum absolute atomic E-state index is 0.0128. The van der Waals surface area contributed by atoms with Crippen molar-refractivity contribution in [2.24, 2.45) is 0 Å². The summed E-state index contributed by atoms with van der Waals surface area (Å²) in [4.78, 5) is 14.3. The monoisotopic (exact) mass is 259 g/mol. The number of carbonyl (C=O) groups excluding carboxylic acids is 1. The molecule has 0 saturated heterocycles. The molecule has 0 spiro atoms. The van der Waals surface area contributed by atoms with Crippen LogP contribution in [0.1, 0.15) is 42.6 Å². The lowest BCUT2D eigenvalue weighted by Gasteiger charge is -2.21. The number of amides is 1. The molecule has 0 aromatic heterocycles. The number of aliphatic hydroxyl groups excluding tert-OH is 1. The summed E-state index contributed by atoms with van der Waals surface area (Å²) in [5.41, 5.74) is 1.29. The molecule has 1 aromatic rings. The maximum absolute atomic E-state index is 12.5. The van der Waals surface area contributed by atoms with E-state index in [1.54, 1.807) is 6.07 Å². The Balaban J connectivity index is 2.97. The number of hydrogen-bond donors (Lipinski definition) is 1. The van der Waals surface area contributed by atoms with Crippen LogP contribution in [0.5, 0.6) is 0 Å². The van der Waals surface area contributed by atoms with Crippen LogP contribution < -0.4 is 0 Å². The molecule has 1 aromatic carbocycles. The van der Waals surface area contributed by atoms with Gasteiger partial charge in [-0.1, -0.05) is 37.3 Å². The van der Waals surface area contributed by atoms with Gasteiger partial charge >= 0.3 is 0 Å². The average Bonchev–Trinajstić information content (AvgIpc) is 2.46. The molecule has 0 aliphatic carbocycles. The highest BCUT2D eigenvalue weighted by Crippen LogP contribution is 2.11. The molecular weight excluding hydrogens is 238 g/mol. The fourth-order valence-electron chi connectivity index (χ4n) is 1.84. The number of hydrogen-bond acceptors (Lipinski definition) is 2. The van der Waals surface area contributed by atoms with Crippen LogP contribution in [0.2, 0.25) is 0 Å². The van der Waals surface area contributed by atoms with E-state index < -0.39 is 0 Å². The molecule has 0 aliphatic rings. The van der Waals surface area contributed by atoms with Gasteiger partial charge in [-0.3, -0.25) is 4.79 Å². The first-order chi connectivity index (χ1) is 9.24. The fraction of sp³-hybridized carbons (Fsp3) is 0.438. The Morgan fingerprint density at radius 2 is 2.05 bits per heavy atom. The SMILES string of the molecule is CCCCN(CC)C(=O)c1ccccc1C#CCO. The molecule has 19 heavy (non-hydrogen) atoms. The number of nitrogens with zero attached hydrogens (tertiary/aromatic N) is 1. The van der Waals surface area contributed by atoms with Crippen LogP contribution in [0.15, 0.2) is 24.3 Å². The van der Waals surface area contributed by atoms with E-state index in [1.165, 1.54) is 0 Å². The first-order valence-electron chi connectivity index (χ1n) is 6.72. The summed E-state index contributed by atoms with van der Waals surface area (Å²) in [6.07, 6.45) is 2.07. The molecule has 0 aliphatic heterocycles. The van der Waals surface area contributed by atoms with Gasteiger partial charge in [-0.25, -0.2) is 0 Å².